The number of aldehydes is 1. The molecule has 0 saturated carbocycles. The zero-order valence-electron chi connectivity index (χ0n) is 12.6. The van der Waals surface area contributed by atoms with Gasteiger partial charge in [-0.25, -0.2) is 0 Å². The van der Waals surface area contributed by atoms with Gasteiger partial charge in [0.1, 0.15) is 6.29 Å². The molecular weight excluding hydrogens is 240 g/mol. The van der Waals surface area contributed by atoms with Crippen LogP contribution < -0.4 is 0 Å². The van der Waals surface area contributed by atoms with Gasteiger partial charge in [0.05, 0.1) is 0 Å². The predicted molar refractivity (Wildman–Crippen MR) is 84.4 cm³/mol. The van der Waals surface area contributed by atoms with Gasteiger partial charge in [-0.2, -0.15) is 11.8 Å². The van der Waals surface area contributed by atoms with Gasteiger partial charge in [-0.3, -0.25) is 0 Å². The average Bonchev–Trinajstić information content (AvgIpc) is 2.28. The third kappa shape index (κ3) is 9.76. The summed E-state index contributed by atoms with van der Waals surface area (Å²) in [5.74, 6) is 1.19. The maximum atomic E-state index is 10.8. The Kier molecular flexibility index (Phi) is 10.5. The Labute approximate surface area is 118 Å². The highest BCUT2D eigenvalue weighted by atomic mass is 32.2. The largest absolute Gasteiger partial charge is 0.303 e. The Bertz CT molecular complexity index is 243. The van der Waals surface area contributed by atoms with Crippen LogP contribution in [0.5, 0.6) is 0 Å². The van der Waals surface area contributed by atoms with Gasteiger partial charge >= 0.3 is 0 Å². The van der Waals surface area contributed by atoms with Gasteiger partial charge in [0.25, 0.3) is 0 Å². The first kappa shape index (κ1) is 17.8. The molecule has 0 heterocycles. The van der Waals surface area contributed by atoms with Crippen molar-refractivity contribution in [1.82, 2.24) is 0 Å². The lowest BCUT2D eigenvalue weighted by Gasteiger charge is -2.26. The molecule has 0 fully saturated rings. The van der Waals surface area contributed by atoms with Gasteiger partial charge in [0.15, 0.2) is 0 Å². The fraction of sp³-hybridized carbons (Fsp3) is 0.812. The molecule has 0 aromatic carbocycles. The molecule has 0 aromatic heterocycles. The number of carbonyl (C=O) groups excluding carboxylic acids is 1. The van der Waals surface area contributed by atoms with E-state index in [9.17, 15) is 4.79 Å². The first-order chi connectivity index (χ1) is 8.54. The van der Waals surface area contributed by atoms with Gasteiger partial charge in [0.2, 0.25) is 0 Å². The third-order valence-electron chi connectivity index (χ3n) is 3.19. The summed E-state index contributed by atoms with van der Waals surface area (Å²) in [6.07, 6.45) is 11.5. The Morgan fingerprint density at radius 3 is 2.50 bits per heavy atom. The number of hydrogen-bond donors (Lipinski definition) is 0. The van der Waals surface area contributed by atoms with E-state index in [4.69, 9.17) is 0 Å². The van der Waals surface area contributed by atoms with Crippen molar-refractivity contribution in [3.63, 3.8) is 0 Å². The molecule has 106 valence electrons. The van der Waals surface area contributed by atoms with Crippen molar-refractivity contribution >= 4 is 18.0 Å². The van der Waals surface area contributed by atoms with E-state index in [0.29, 0.717) is 6.42 Å². The molecule has 0 N–H and O–H groups in total. The molecule has 0 aliphatic rings. The normalized spacial score (nSPS) is 14.0. The van der Waals surface area contributed by atoms with Gasteiger partial charge < -0.3 is 4.79 Å². The van der Waals surface area contributed by atoms with E-state index in [-0.39, 0.29) is 4.75 Å². The van der Waals surface area contributed by atoms with Crippen molar-refractivity contribution in [3.05, 3.63) is 11.6 Å². The minimum Gasteiger partial charge on any atom is -0.303 e. The first-order valence-corrected chi connectivity index (χ1v) is 8.23. The fourth-order valence-corrected chi connectivity index (χ4v) is 3.21. The van der Waals surface area contributed by atoms with E-state index < -0.39 is 0 Å². The SMILES string of the molecule is CCCCCCSC(C)(CC=O)CCC=C(C)C. The zero-order valence-corrected chi connectivity index (χ0v) is 13.4. The molecule has 0 spiro atoms. The smallest absolute Gasteiger partial charge is 0.121 e. The summed E-state index contributed by atoms with van der Waals surface area (Å²) in [5, 5.41) is 0. The van der Waals surface area contributed by atoms with Gasteiger partial charge in [-0.1, -0.05) is 44.8 Å². The molecule has 0 bridgehead atoms. The van der Waals surface area contributed by atoms with Crippen LogP contribution in [0.4, 0.5) is 0 Å². The Balaban J connectivity index is 4.00. The summed E-state index contributed by atoms with van der Waals surface area (Å²) in [6.45, 7) is 8.75. The van der Waals surface area contributed by atoms with Gasteiger partial charge in [0, 0.05) is 11.2 Å². The Hall–Kier alpha value is -0.240. The predicted octanol–water partition coefficient (Wildman–Crippen LogP) is 5.39. The molecule has 0 rings (SSSR count). The molecule has 2 heteroatoms. The second-order valence-corrected chi connectivity index (χ2v) is 7.23. The van der Waals surface area contributed by atoms with Crippen molar-refractivity contribution in [2.24, 2.45) is 0 Å². The van der Waals surface area contributed by atoms with E-state index >= 15 is 0 Å². The van der Waals surface area contributed by atoms with Crippen molar-refractivity contribution in [1.29, 1.82) is 0 Å². The quantitative estimate of drug-likeness (QED) is 0.284. The van der Waals surface area contributed by atoms with E-state index in [1.54, 1.807) is 0 Å². The molecule has 18 heavy (non-hydrogen) atoms. The lowest BCUT2D eigenvalue weighted by molar-refractivity contribution is -0.108. The van der Waals surface area contributed by atoms with Gasteiger partial charge in [-0.15, -0.1) is 0 Å². The number of carbonyl (C=O) groups is 1. The second kappa shape index (κ2) is 10.7. The molecule has 0 aromatic rings. The van der Waals surface area contributed by atoms with E-state index in [1.807, 2.05) is 11.8 Å². The summed E-state index contributed by atoms with van der Waals surface area (Å²) in [7, 11) is 0. The lowest BCUT2D eigenvalue weighted by Crippen LogP contribution is -2.21. The van der Waals surface area contributed by atoms with E-state index in [2.05, 4.69) is 33.8 Å². The summed E-state index contributed by atoms with van der Waals surface area (Å²) >= 11 is 1.99. The van der Waals surface area contributed by atoms with Crippen LogP contribution in [0.3, 0.4) is 0 Å². The summed E-state index contributed by atoms with van der Waals surface area (Å²) in [4.78, 5) is 10.8. The monoisotopic (exact) mass is 270 g/mol. The average molecular weight is 270 g/mol. The fourth-order valence-electron chi connectivity index (χ4n) is 1.92. The van der Waals surface area contributed by atoms with Crippen molar-refractivity contribution in [2.45, 2.75) is 77.4 Å². The molecule has 0 radical (unpaired) electrons. The van der Waals surface area contributed by atoms with Crippen molar-refractivity contribution in [3.8, 4) is 0 Å². The van der Waals surface area contributed by atoms with Crippen LogP contribution in [0.1, 0.15) is 72.6 Å². The number of unbranched alkanes of at least 4 members (excludes halogenated alkanes) is 3. The van der Waals surface area contributed by atoms with Crippen LogP contribution in [-0.4, -0.2) is 16.8 Å². The van der Waals surface area contributed by atoms with Crippen LogP contribution in [0.2, 0.25) is 0 Å². The first-order valence-electron chi connectivity index (χ1n) is 7.25. The summed E-state index contributed by atoms with van der Waals surface area (Å²) in [5.41, 5.74) is 1.37. The third-order valence-corrected chi connectivity index (χ3v) is 4.75. The number of hydrogen-bond acceptors (Lipinski definition) is 2. The maximum absolute atomic E-state index is 10.8. The number of rotatable bonds is 11. The standard InChI is InChI=1S/C16H30OS/c1-5-6-7-8-14-18-16(4,12-13-17)11-9-10-15(2)3/h10,13H,5-9,11-12,14H2,1-4H3. The molecule has 0 saturated heterocycles. The maximum Gasteiger partial charge on any atom is 0.121 e. The highest BCUT2D eigenvalue weighted by molar-refractivity contribution is 8.00. The van der Waals surface area contributed by atoms with Crippen LogP contribution in [0.15, 0.2) is 11.6 Å². The molecule has 0 aliphatic heterocycles. The van der Waals surface area contributed by atoms with Crippen LogP contribution >= 0.6 is 11.8 Å². The minimum atomic E-state index is 0.139. The Morgan fingerprint density at radius 2 is 1.94 bits per heavy atom. The molecule has 0 aliphatic carbocycles. The summed E-state index contributed by atoms with van der Waals surface area (Å²) in [6, 6.07) is 0. The van der Waals surface area contributed by atoms with Crippen LogP contribution in [0, 0.1) is 0 Å². The van der Waals surface area contributed by atoms with E-state index in [1.165, 1.54) is 37.0 Å². The van der Waals surface area contributed by atoms with Crippen LogP contribution in [0.25, 0.3) is 0 Å². The number of allylic oxidation sites excluding steroid dienone is 2. The topological polar surface area (TPSA) is 17.1 Å². The molecule has 0 amide bonds. The van der Waals surface area contributed by atoms with E-state index in [0.717, 1.165) is 19.1 Å². The Morgan fingerprint density at radius 1 is 1.22 bits per heavy atom. The molecule has 1 unspecified atom stereocenters. The summed E-state index contributed by atoms with van der Waals surface area (Å²) < 4.78 is 0.139. The second-order valence-electron chi connectivity index (χ2n) is 5.55. The highest BCUT2D eigenvalue weighted by Gasteiger charge is 2.23. The highest BCUT2D eigenvalue weighted by Crippen LogP contribution is 2.33. The van der Waals surface area contributed by atoms with Crippen molar-refractivity contribution < 1.29 is 4.79 Å². The minimum absolute atomic E-state index is 0.139. The zero-order chi connectivity index (χ0) is 13.9. The van der Waals surface area contributed by atoms with Crippen LogP contribution in [-0.2, 0) is 4.79 Å². The number of thioether (sulfide) groups is 1. The lowest BCUT2D eigenvalue weighted by atomic mass is 10.0. The molecule has 1 nitrogen and oxygen atoms in total. The molecule has 1 atom stereocenters. The van der Waals surface area contributed by atoms with Gasteiger partial charge in [-0.05, 0) is 38.9 Å². The molecular formula is C16H30OS. The van der Waals surface area contributed by atoms with Crippen molar-refractivity contribution in [2.75, 3.05) is 5.75 Å².